The van der Waals surface area contributed by atoms with Crippen LogP contribution in [0.1, 0.15) is 21.7 Å². The van der Waals surface area contributed by atoms with Crippen molar-refractivity contribution in [3.05, 3.63) is 56.2 Å². The van der Waals surface area contributed by atoms with Crippen molar-refractivity contribution in [2.24, 2.45) is 0 Å². The zero-order valence-corrected chi connectivity index (χ0v) is 13.8. The summed E-state index contributed by atoms with van der Waals surface area (Å²) in [5.74, 6) is -1.02. The van der Waals surface area contributed by atoms with Crippen LogP contribution in [-0.4, -0.2) is 16.1 Å². The lowest BCUT2D eigenvalue weighted by Crippen LogP contribution is -2.07. The number of carboxylic acids is 1. The molecule has 0 aliphatic rings. The highest BCUT2D eigenvalue weighted by molar-refractivity contribution is 9.11. The highest BCUT2D eigenvalue weighted by Crippen LogP contribution is 2.32. The van der Waals surface area contributed by atoms with Gasteiger partial charge in [0.25, 0.3) is 0 Å². The molecule has 20 heavy (non-hydrogen) atoms. The summed E-state index contributed by atoms with van der Waals surface area (Å²) < 4.78 is 1.89. The fourth-order valence-electron chi connectivity index (χ4n) is 1.74. The smallest absolute Gasteiger partial charge is 0.354 e. The quantitative estimate of drug-likeness (QED) is 0.807. The van der Waals surface area contributed by atoms with Crippen molar-refractivity contribution in [3.8, 4) is 0 Å². The number of aromatic carboxylic acids is 1. The van der Waals surface area contributed by atoms with Gasteiger partial charge in [0.15, 0.2) is 0 Å². The number of carbonyl (C=O) groups is 1. The molecule has 4 nitrogen and oxygen atoms in total. The van der Waals surface area contributed by atoms with Crippen LogP contribution in [0.25, 0.3) is 0 Å². The van der Waals surface area contributed by atoms with Gasteiger partial charge in [0.05, 0.1) is 17.9 Å². The van der Waals surface area contributed by atoms with E-state index in [0.29, 0.717) is 12.2 Å². The van der Waals surface area contributed by atoms with Crippen LogP contribution in [0.4, 0.5) is 5.69 Å². The number of benzene rings is 1. The van der Waals surface area contributed by atoms with E-state index in [1.54, 1.807) is 12.1 Å². The highest BCUT2D eigenvalue weighted by Gasteiger charge is 2.08. The summed E-state index contributed by atoms with van der Waals surface area (Å²) in [5, 5.41) is 12.2. The Bertz CT molecular complexity index is 636. The molecule has 0 aliphatic carbocycles. The molecule has 0 amide bonds. The summed E-state index contributed by atoms with van der Waals surface area (Å²) in [6, 6.07) is 8.97. The second-order valence-electron chi connectivity index (χ2n) is 4.28. The summed E-state index contributed by atoms with van der Waals surface area (Å²) in [6.07, 6.45) is 0. The molecule has 0 saturated carbocycles. The number of nitrogens with one attached hydrogen (secondary N) is 1. The number of carboxylic acid groups (broad SMARTS) is 1. The second-order valence-corrected chi connectivity index (χ2v) is 5.99. The van der Waals surface area contributed by atoms with Crippen molar-refractivity contribution < 1.29 is 9.90 Å². The Morgan fingerprint density at radius 1 is 1.30 bits per heavy atom. The van der Waals surface area contributed by atoms with Gasteiger partial charge in [-0.2, -0.15) is 0 Å². The van der Waals surface area contributed by atoms with Crippen molar-refractivity contribution in [2.45, 2.75) is 13.5 Å². The Morgan fingerprint density at radius 3 is 2.55 bits per heavy atom. The minimum absolute atomic E-state index is 0.0475. The molecular formula is C14H12Br2N2O2. The van der Waals surface area contributed by atoms with E-state index >= 15 is 0 Å². The van der Waals surface area contributed by atoms with Crippen molar-refractivity contribution >= 4 is 43.5 Å². The predicted molar refractivity (Wildman–Crippen MR) is 85.1 cm³/mol. The van der Waals surface area contributed by atoms with Crippen LogP contribution < -0.4 is 5.32 Å². The molecule has 1 heterocycles. The Balaban J connectivity index is 2.17. The average molecular weight is 400 g/mol. The molecule has 2 rings (SSSR count). The number of pyridine rings is 1. The lowest BCUT2D eigenvalue weighted by Gasteiger charge is -2.11. The number of anilines is 1. The largest absolute Gasteiger partial charge is 0.477 e. The van der Waals surface area contributed by atoms with Crippen LogP contribution in [0.5, 0.6) is 0 Å². The molecule has 0 radical (unpaired) electrons. The van der Waals surface area contributed by atoms with Crippen molar-refractivity contribution in [3.63, 3.8) is 0 Å². The average Bonchev–Trinajstić information content (AvgIpc) is 2.37. The first-order chi connectivity index (χ1) is 9.47. The first-order valence-electron chi connectivity index (χ1n) is 5.86. The van der Waals surface area contributed by atoms with E-state index < -0.39 is 5.97 Å². The molecule has 1 aromatic heterocycles. The van der Waals surface area contributed by atoms with Crippen LogP contribution in [-0.2, 0) is 6.54 Å². The topological polar surface area (TPSA) is 62.2 Å². The van der Waals surface area contributed by atoms with Crippen molar-refractivity contribution in [1.82, 2.24) is 4.98 Å². The molecule has 104 valence electrons. The number of nitrogens with zero attached hydrogens (tertiary/aromatic N) is 1. The SMILES string of the molecule is Cc1cc(Br)c(NCc2cccc(C(=O)O)n2)c(Br)c1. The number of halogens is 2. The Labute approximate surface area is 133 Å². The second kappa shape index (κ2) is 6.37. The molecular weight excluding hydrogens is 388 g/mol. The lowest BCUT2D eigenvalue weighted by molar-refractivity contribution is 0.0690. The maximum atomic E-state index is 10.9. The number of aryl methyl sites for hydroxylation is 1. The maximum absolute atomic E-state index is 10.9. The Kier molecular flexibility index (Phi) is 4.77. The highest BCUT2D eigenvalue weighted by atomic mass is 79.9. The van der Waals surface area contributed by atoms with Crippen LogP contribution in [0.3, 0.4) is 0 Å². The van der Waals surface area contributed by atoms with Crippen LogP contribution in [0.2, 0.25) is 0 Å². The van der Waals surface area contributed by atoms with Crippen molar-refractivity contribution in [1.29, 1.82) is 0 Å². The van der Waals surface area contributed by atoms with Gasteiger partial charge in [-0.05, 0) is 68.6 Å². The van der Waals surface area contributed by atoms with Crippen molar-refractivity contribution in [2.75, 3.05) is 5.32 Å². The van der Waals surface area contributed by atoms with Gasteiger partial charge in [0.2, 0.25) is 0 Å². The zero-order chi connectivity index (χ0) is 14.7. The van der Waals surface area contributed by atoms with E-state index in [0.717, 1.165) is 20.2 Å². The van der Waals surface area contributed by atoms with Gasteiger partial charge in [-0.25, -0.2) is 9.78 Å². The number of rotatable bonds is 4. The summed E-state index contributed by atoms with van der Waals surface area (Å²) in [6.45, 7) is 2.46. The van der Waals surface area contributed by atoms with Gasteiger partial charge < -0.3 is 10.4 Å². The third-order valence-electron chi connectivity index (χ3n) is 2.66. The Morgan fingerprint density at radius 2 is 1.95 bits per heavy atom. The first kappa shape index (κ1) is 15.0. The molecule has 0 saturated heterocycles. The fraction of sp³-hybridized carbons (Fsp3) is 0.143. The number of aromatic nitrogens is 1. The van der Waals surface area contributed by atoms with Gasteiger partial charge in [0.1, 0.15) is 5.69 Å². The molecule has 0 spiro atoms. The van der Waals surface area contributed by atoms with E-state index in [-0.39, 0.29) is 5.69 Å². The summed E-state index contributed by atoms with van der Waals surface area (Å²) in [7, 11) is 0. The molecule has 0 unspecified atom stereocenters. The Hall–Kier alpha value is -1.40. The normalized spacial score (nSPS) is 10.3. The van der Waals surface area contributed by atoms with Gasteiger partial charge >= 0.3 is 5.97 Å². The van der Waals surface area contributed by atoms with Gasteiger partial charge in [-0.3, -0.25) is 0 Å². The monoisotopic (exact) mass is 398 g/mol. The maximum Gasteiger partial charge on any atom is 0.354 e. The summed E-state index contributed by atoms with van der Waals surface area (Å²) in [5.41, 5.74) is 2.77. The van der Waals surface area contributed by atoms with Crippen LogP contribution in [0.15, 0.2) is 39.3 Å². The van der Waals surface area contributed by atoms with Gasteiger partial charge in [0, 0.05) is 8.95 Å². The minimum Gasteiger partial charge on any atom is -0.477 e. The molecule has 2 N–H and O–H groups in total. The predicted octanol–water partition coefficient (Wildman–Crippen LogP) is 4.23. The van der Waals surface area contributed by atoms with E-state index in [1.807, 2.05) is 19.1 Å². The molecule has 2 aromatic rings. The lowest BCUT2D eigenvalue weighted by atomic mass is 10.2. The first-order valence-corrected chi connectivity index (χ1v) is 7.44. The van der Waals surface area contributed by atoms with Gasteiger partial charge in [-0.1, -0.05) is 6.07 Å². The molecule has 1 aromatic carbocycles. The van der Waals surface area contributed by atoms with E-state index in [4.69, 9.17) is 5.11 Å². The van der Waals surface area contributed by atoms with Crippen LogP contribution >= 0.6 is 31.9 Å². The number of hydrogen-bond acceptors (Lipinski definition) is 3. The molecule has 0 atom stereocenters. The molecule has 6 heteroatoms. The summed E-state index contributed by atoms with van der Waals surface area (Å²) in [4.78, 5) is 14.9. The standard InChI is InChI=1S/C14H12Br2N2O2/c1-8-5-10(15)13(11(16)6-8)17-7-9-3-2-4-12(18-9)14(19)20/h2-6,17H,7H2,1H3,(H,19,20). The van der Waals surface area contributed by atoms with E-state index in [1.165, 1.54) is 6.07 Å². The third-order valence-corrected chi connectivity index (χ3v) is 3.91. The summed E-state index contributed by atoms with van der Waals surface area (Å²) >= 11 is 7.00. The molecule has 0 aliphatic heterocycles. The number of hydrogen-bond donors (Lipinski definition) is 2. The van der Waals surface area contributed by atoms with E-state index in [9.17, 15) is 4.79 Å². The van der Waals surface area contributed by atoms with Gasteiger partial charge in [-0.15, -0.1) is 0 Å². The van der Waals surface area contributed by atoms with Crippen LogP contribution in [0, 0.1) is 6.92 Å². The van der Waals surface area contributed by atoms with E-state index in [2.05, 4.69) is 42.2 Å². The fourth-order valence-corrected chi connectivity index (χ4v) is 3.44. The molecule has 0 bridgehead atoms. The molecule has 0 fully saturated rings. The minimum atomic E-state index is -1.02. The zero-order valence-electron chi connectivity index (χ0n) is 10.7. The third kappa shape index (κ3) is 3.58.